The Bertz CT molecular complexity index is 1480. The molecule has 2 aromatic heterocycles. The number of anilines is 3. The molecule has 1 amide bonds. The standard InChI is InChI=1S/C25H27N7O3S/c26-22(33)18-6-8-19(9-7-18)29-25-30-23(28-20-10-13-27-14-11-20)21-12-15-32(24(21)31-25)36(34,35)16-17-4-2-1-3-5-17/h1-9,12,15,20,27H,10-11,13-14,16H2,(H2,26,33)(H2,28,29,30,31). The van der Waals surface area contributed by atoms with E-state index in [-0.39, 0.29) is 23.4 Å². The van der Waals surface area contributed by atoms with Crippen LogP contribution in [0.15, 0.2) is 66.9 Å². The van der Waals surface area contributed by atoms with E-state index < -0.39 is 15.9 Å². The fraction of sp³-hybridized carbons (Fsp3) is 0.240. The van der Waals surface area contributed by atoms with Gasteiger partial charge in [-0.25, -0.2) is 12.4 Å². The number of primary amides is 1. The van der Waals surface area contributed by atoms with Gasteiger partial charge in [-0.05, 0) is 61.8 Å². The van der Waals surface area contributed by atoms with Crippen molar-refractivity contribution in [3.8, 4) is 0 Å². The van der Waals surface area contributed by atoms with Crippen LogP contribution in [0.1, 0.15) is 28.8 Å². The Morgan fingerprint density at radius 3 is 2.44 bits per heavy atom. The van der Waals surface area contributed by atoms with E-state index >= 15 is 0 Å². The first-order valence-corrected chi connectivity index (χ1v) is 13.3. The van der Waals surface area contributed by atoms with Crippen molar-refractivity contribution in [3.05, 3.63) is 78.0 Å². The Hall–Kier alpha value is -3.96. The Morgan fingerprint density at radius 1 is 1.03 bits per heavy atom. The monoisotopic (exact) mass is 505 g/mol. The molecule has 0 aliphatic carbocycles. The molecule has 0 spiro atoms. The van der Waals surface area contributed by atoms with Gasteiger partial charge in [0.25, 0.3) is 0 Å². The molecule has 1 fully saturated rings. The van der Waals surface area contributed by atoms with Crippen LogP contribution in [-0.4, -0.2) is 47.4 Å². The third-order valence-electron chi connectivity index (χ3n) is 6.11. The zero-order chi connectivity index (χ0) is 25.1. The lowest BCUT2D eigenvalue weighted by Gasteiger charge is -2.24. The largest absolute Gasteiger partial charge is 0.367 e. The molecule has 2 aromatic carbocycles. The van der Waals surface area contributed by atoms with Crippen LogP contribution in [-0.2, 0) is 15.8 Å². The summed E-state index contributed by atoms with van der Waals surface area (Å²) in [5.74, 6) is 0.127. The number of fused-ring (bicyclic) bond motifs is 1. The summed E-state index contributed by atoms with van der Waals surface area (Å²) < 4.78 is 27.9. The molecule has 1 saturated heterocycles. The number of carbonyl (C=O) groups excluding carboxylic acids is 1. The molecule has 4 aromatic rings. The van der Waals surface area contributed by atoms with E-state index in [0.717, 1.165) is 25.9 Å². The minimum Gasteiger partial charge on any atom is -0.367 e. The van der Waals surface area contributed by atoms with Gasteiger partial charge in [-0.3, -0.25) is 4.79 Å². The minimum absolute atomic E-state index is 0.157. The van der Waals surface area contributed by atoms with Crippen LogP contribution < -0.4 is 21.7 Å². The maximum Gasteiger partial charge on any atom is 0.248 e. The molecule has 0 saturated carbocycles. The number of aromatic nitrogens is 3. The smallest absolute Gasteiger partial charge is 0.248 e. The van der Waals surface area contributed by atoms with Gasteiger partial charge in [0.2, 0.25) is 21.9 Å². The number of amides is 1. The summed E-state index contributed by atoms with van der Waals surface area (Å²) in [6.45, 7) is 1.80. The van der Waals surface area contributed by atoms with Gasteiger partial charge in [-0.15, -0.1) is 0 Å². The summed E-state index contributed by atoms with van der Waals surface area (Å²) in [5.41, 5.74) is 7.32. The van der Waals surface area contributed by atoms with Crippen LogP contribution in [0.2, 0.25) is 0 Å². The molecular formula is C25H27N7O3S. The number of hydrogen-bond donors (Lipinski definition) is 4. The first kappa shape index (κ1) is 23.8. The highest BCUT2D eigenvalue weighted by Gasteiger charge is 2.22. The predicted octanol–water partition coefficient (Wildman–Crippen LogP) is 2.82. The van der Waals surface area contributed by atoms with Crippen LogP contribution in [0.3, 0.4) is 0 Å². The first-order valence-electron chi connectivity index (χ1n) is 11.7. The number of nitrogens with two attached hydrogens (primary N) is 1. The van der Waals surface area contributed by atoms with Crippen molar-refractivity contribution in [2.75, 3.05) is 23.7 Å². The maximum absolute atomic E-state index is 13.4. The van der Waals surface area contributed by atoms with Crippen LogP contribution in [0.4, 0.5) is 17.5 Å². The van der Waals surface area contributed by atoms with E-state index in [2.05, 4.69) is 25.9 Å². The fourth-order valence-electron chi connectivity index (χ4n) is 4.24. The van der Waals surface area contributed by atoms with Crippen molar-refractivity contribution < 1.29 is 13.2 Å². The summed E-state index contributed by atoms with van der Waals surface area (Å²) in [6.07, 6.45) is 3.38. The van der Waals surface area contributed by atoms with Crippen LogP contribution in [0, 0.1) is 0 Å². The predicted molar refractivity (Wildman–Crippen MR) is 140 cm³/mol. The van der Waals surface area contributed by atoms with Crippen LogP contribution in [0.5, 0.6) is 0 Å². The third-order valence-corrected chi connectivity index (χ3v) is 7.70. The van der Waals surface area contributed by atoms with Crippen molar-refractivity contribution in [1.82, 2.24) is 19.3 Å². The Balaban J connectivity index is 1.54. The lowest BCUT2D eigenvalue weighted by molar-refractivity contribution is 0.100. The fourth-order valence-corrected chi connectivity index (χ4v) is 5.64. The molecule has 0 bridgehead atoms. The Morgan fingerprint density at radius 2 is 1.75 bits per heavy atom. The highest BCUT2D eigenvalue weighted by atomic mass is 32.2. The van der Waals surface area contributed by atoms with Gasteiger partial charge in [0.05, 0.1) is 11.1 Å². The van der Waals surface area contributed by atoms with Gasteiger partial charge in [0.15, 0.2) is 5.65 Å². The number of carbonyl (C=O) groups is 1. The molecular weight excluding hydrogens is 478 g/mol. The zero-order valence-corrected chi connectivity index (χ0v) is 20.3. The summed E-state index contributed by atoms with van der Waals surface area (Å²) in [6, 6.07) is 17.6. The van der Waals surface area contributed by atoms with Crippen molar-refractivity contribution in [2.45, 2.75) is 24.6 Å². The second-order valence-corrected chi connectivity index (χ2v) is 10.6. The van der Waals surface area contributed by atoms with E-state index in [1.807, 2.05) is 18.2 Å². The summed E-state index contributed by atoms with van der Waals surface area (Å²) in [5, 5.41) is 10.6. The molecule has 1 aliphatic rings. The molecule has 3 heterocycles. The molecule has 10 nitrogen and oxygen atoms in total. The van der Waals surface area contributed by atoms with Crippen molar-refractivity contribution in [2.24, 2.45) is 5.73 Å². The third kappa shape index (κ3) is 5.16. The van der Waals surface area contributed by atoms with Crippen LogP contribution in [0.25, 0.3) is 11.0 Å². The molecule has 0 radical (unpaired) electrons. The second-order valence-electron chi connectivity index (χ2n) is 8.72. The van der Waals surface area contributed by atoms with E-state index in [1.165, 1.54) is 10.2 Å². The highest BCUT2D eigenvalue weighted by Crippen LogP contribution is 2.28. The molecule has 36 heavy (non-hydrogen) atoms. The van der Waals surface area contributed by atoms with Gasteiger partial charge in [-0.1, -0.05) is 30.3 Å². The van der Waals surface area contributed by atoms with E-state index in [9.17, 15) is 13.2 Å². The van der Waals surface area contributed by atoms with E-state index in [4.69, 9.17) is 5.73 Å². The number of nitrogens with one attached hydrogen (secondary N) is 3. The van der Waals surface area contributed by atoms with Crippen molar-refractivity contribution in [1.29, 1.82) is 0 Å². The number of rotatable bonds is 8. The molecule has 5 rings (SSSR count). The SMILES string of the molecule is NC(=O)c1ccc(Nc2nc(NC3CCNCC3)c3ccn(S(=O)(=O)Cc4ccccc4)c3n2)cc1. The highest BCUT2D eigenvalue weighted by molar-refractivity contribution is 7.89. The maximum atomic E-state index is 13.4. The van der Waals surface area contributed by atoms with E-state index in [1.54, 1.807) is 42.5 Å². The number of nitrogens with zero attached hydrogens (tertiary/aromatic N) is 3. The average molecular weight is 506 g/mol. The van der Waals surface area contributed by atoms with Crippen molar-refractivity contribution >= 4 is 44.4 Å². The van der Waals surface area contributed by atoms with Gasteiger partial charge in [0, 0.05) is 23.5 Å². The molecule has 186 valence electrons. The summed E-state index contributed by atoms with van der Waals surface area (Å²) in [7, 11) is -3.74. The molecule has 11 heteroatoms. The molecule has 0 unspecified atom stereocenters. The molecule has 0 atom stereocenters. The van der Waals surface area contributed by atoms with E-state index in [0.29, 0.717) is 28.0 Å². The molecule has 5 N–H and O–H groups in total. The topological polar surface area (TPSA) is 144 Å². The molecule has 1 aliphatic heterocycles. The second kappa shape index (κ2) is 9.96. The minimum atomic E-state index is -3.74. The summed E-state index contributed by atoms with van der Waals surface area (Å²) in [4.78, 5) is 20.6. The lowest BCUT2D eigenvalue weighted by atomic mass is 10.1. The van der Waals surface area contributed by atoms with Gasteiger partial charge >= 0.3 is 0 Å². The zero-order valence-electron chi connectivity index (χ0n) is 19.5. The normalized spacial score (nSPS) is 14.6. The Kier molecular flexibility index (Phi) is 6.57. The van der Waals surface area contributed by atoms with Crippen LogP contribution >= 0.6 is 0 Å². The number of hydrogen-bond acceptors (Lipinski definition) is 8. The first-order chi connectivity index (χ1) is 17.4. The number of piperidine rings is 1. The summed E-state index contributed by atoms with van der Waals surface area (Å²) >= 11 is 0. The quantitative estimate of drug-likeness (QED) is 0.286. The lowest BCUT2D eigenvalue weighted by Crippen LogP contribution is -2.35. The number of benzene rings is 2. The Labute approximate surface area is 209 Å². The van der Waals surface area contributed by atoms with Gasteiger partial charge in [0.1, 0.15) is 5.82 Å². The average Bonchev–Trinajstić information content (AvgIpc) is 3.31. The van der Waals surface area contributed by atoms with Gasteiger partial charge in [-0.2, -0.15) is 9.97 Å². The van der Waals surface area contributed by atoms with Crippen molar-refractivity contribution in [3.63, 3.8) is 0 Å². The van der Waals surface area contributed by atoms with Gasteiger partial charge < -0.3 is 21.7 Å².